The third-order valence-electron chi connectivity index (χ3n) is 2.87. The largest absolute Gasteiger partial charge is 0.449 e. The summed E-state index contributed by atoms with van der Waals surface area (Å²) in [6.07, 6.45) is 5.03. The van der Waals surface area contributed by atoms with E-state index in [1.807, 2.05) is 6.92 Å². The summed E-state index contributed by atoms with van der Waals surface area (Å²) in [5, 5.41) is 2.73. The molecule has 0 aliphatic carbocycles. The Bertz CT molecular complexity index is 560. The molecule has 1 saturated heterocycles. The minimum atomic E-state index is -0.460. The van der Waals surface area contributed by atoms with Gasteiger partial charge in [-0.1, -0.05) is 5.92 Å². The number of terminal acetylenes is 1. The number of anilines is 1. The van der Waals surface area contributed by atoms with Crippen LogP contribution in [0.15, 0.2) is 18.2 Å². The van der Waals surface area contributed by atoms with Crippen molar-refractivity contribution in [3.05, 3.63) is 29.3 Å². The van der Waals surface area contributed by atoms with Gasteiger partial charge < -0.3 is 10.1 Å². The zero-order chi connectivity index (χ0) is 13.8. The van der Waals surface area contributed by atoms with E-state index in [4.69, 9.17) is 11.2 Å². The van der Waals surface area contributed by atoms with Gasteiger partial charge in [0.15, 0.2) is 6.61 Å². The number of aryl methyl sites for hydroxylation is 1. The quantitative estimate of drug-likeness (QED) is 0.657. The number of amides is 2. The third-order valence-corrected chi connectivity index (χ3v) is 2.87. The highest BCUT2D eigenvalue weighted by Crippen LogP contribution is 2.23. The fourth-order valence-electron chi connectivity index (χ4n) is 1.98. The standard InChI is InChI=1S/C14H14N2O3/c1-3-8-19-13(17)11-4-5-12(10(2)9-11)16-7-6-15-14(16)18/h1,4-5,9H,6-8H2,2H3,(H,15,18). The van der Waals surface area contributed by atoms with Crippen molar-refractivity contribution < 1.29 is 14.3 Å². The molecule has 5 heteroatoms. The van der Waals surface area contributed by atoms with E-state index in [2.05, 4.69) is 11.2 Å². The summed E-state index contributed by atoms with van der Waals surface area (Å²) in [5.74, 6) is 1.78. The van der Waals surface area contributed by atoms with Crippen LogP contribution in [-0.4, -0.2) is 31.7 Å². The lowest BCUT2D eigenvalue weighted by molar-refractivity contribution is 0.0556. The highest BCUT2D eigenvalue weighted by molar-refractivity contribution is 5.96. The van der Waals surface area contributed by atoms with Crippen LogP contribution in [0, 0.1) is 19.3 Å². The highest BCUT2D eigenvalue weighted by atomic mass is 16.5. The van der Waals surface area contributed by atoms with Crippen molar-refractivity contribution in [1.82, 2.24) is 5.32 Å². The van der Waals surface area contributed by atoms with E-state index in [1.165, 1.54) is 0 Å². The number of carbonyl (C=O) groups is 2. The number of ether oxygens (including phenoxy) is 1. The van der Waals surface area contributed by atoms with Crippen LogP contribution in [0.4, 0.5) is 10.5 Å². The Morgan fingerprint density at radius 3 is 2.95 bits per heavy atom. The maximum absolute atomic E-state index is 11.6. The Balaban J connectivity index is 2.20. The Kier molecular flexibility index (Phi) is 3.71. The lowest BCUT2D eigenvalue weighted by Gasteiger charge is -2.17. The first-order chi connectivity index (χ1) is 9.13. The number of benzene rings is 1. The molecule has 1 fully saturated rings. The number of nitrogens with one attached hydrogen (secondary N) is 1. The maximum Gasteiger partial charge on any atom is 0.339 e. The molecule has 98 valence electrons. The van der Waals surface area contributed by atoms with E-state index in [0.29, 0.717) is 18.7 Å². The van der Waals surface area contributed by atoms with Gasteiger partial charge >= 0.3 is 12.0 Å². The van der Waals surface area contributed by atoms with E-state index >= 15 is 0 Å². The Morgan fingerprint density at radius 2 is 2.37 bits per heavy atom. The molecule has 5 nitrogen and oxygen atoms in total. The van der Waals surface area contributed by atoms with Crippen molar-refractivity contribution in [3.63, 3.8) is 0 Å². The van der Waals surface area contributed by atoms with Gasteiger partial charge in [0.05, 0.1) is 5.56 Å². The molecule has 0 atom stereocenters. The molecule has 0 aromatic heterocycles. The zero-order valence-electron chi connectivity index (χ0n) is 10.6. The van der Waals surface area contributed by atoms with Gasteiger partial charge in [-0.15, -0.1) is 6.42 Å². The molecular formula is C14H14N2O3. The van der Waals surface area contributed by atoms with Gasteiger partial charge in [0.1, 0.15) is 0 Å². The average molecular weight is 258 g/mol. The molecule has 0 saturated carbocycles. The van der Waals surface area contributed by atoms with Gasteiger partial charge in [-0.25, -0.2) is 9.59 Å². The molecule has 1 N–H and O–H groups in total. The normalized spacial score (nSPS) is 13.9. The van der Waals surface area contributed by atoms with Gasteiger partial charge in [0, 0.05) is 18.8 Å². The summed E-state index contributed by atoms with van der Waals surface area (Å²) in [5.41, 5.74) is 2.06. The number of hydrogen-bond donors (Lipinski definition) is 1. The molecule has 2 rings (SSSR count). The Labute approximate surface area is 111 Å². The monoisotopic (exact) mass is 258 g/mol. The van der Waals surface area contributed by atoms with Crippen molar-refractivity contribution in [2.24, 2.45) is 0 Å². The highest BCUT2D eigenvalue weighted by Gasteiger charge is 2.23. The first-order valence-electron chi connectivity index (χ1n) is 5.90. The smallest absolute Gasteiger partial charge is 0.339 e. The van der Waals surface area contributed by atoms with Crippen LogP contribution >= 0.6 is 0 Å². The lowest BCUT2D eigenvalue weighted by Crippen LogP contribution is -2.28. The van der Waals surface area contributed by atoms with Crippen molar-refractivity contribution in [1.29, 1.82) is 0 Å². The van der Waals surface area contributed by atoms with Crippen LogP contribution in [0.3, 0.4) is 0 Å². The van der Waals surface area contributed by atoms with Gasteiger partial charge in [-0.2, -0.15) is 0 Å². The van der Waals surface area contributed by atoms with E-state index < -0.39 is 5.97 Å². The van der Waals surface area contributed by atoms with Crippen LogP contribution in [0.5, 0.6) is 0 Å². The van der Waals surface area contributed by atoms with E-state index in [1.54, 1.807) is 23.1 Å². The molecule has 0 spiro atoms. The Hall–Kier alpha value is -2.48. The van der Waals surface area contributed by atoms with E-state index in [0.717, 1.165) is 11.3 Å². The Morgan fingerprint density at radius 1 is 1.58 bits per heavy atom. The fraction of sp³-hybridized carbons (Fsp3) is 0.286. The van der Waals surface area contributed by atoms with Crippen LogP contribution in [0.25, 0.3) is 0 Å². The average Bonchev–Trinajstić information content (AvgIpc) is 2.82. The summed E-state index contributed by atoms with van der Waals surface area (Å²) in [7, 11) is 0. The molecule has 1 aromatic rings. The number of nitrogens with zero attached hydrogens (tertiary/aromatic N) is 1. The van der Waals surface area contributed by atoms with Crippen LogP contribution < -0.4 is 10.2 Å². The van der Waals surface area contributed by atoms with Gasteiger partial charge in [0.2, 0.25) is 0 Å². The van der Waals surface area contributed by atoms with Crippen molar-refractivity contribution in [2.45, 2.75) is 6.92 Å². The molecule has 1 heterocycles. The minimum absolute atomic E-state index is 0.0475. The summed E-state index contributed by atoms with van der Waals surface area (Å²) < 4.78 is 4.85. The molecule has 0 unspecified atom stereocenters. The van der Waals surface area contributed by atoms with Crippen molar-refractivity contribution in [2.75, 3.05) is 24.6 Å². The molecule has 0 radical (unpaired) electrons. The third kappa shape index (κ3) is 2.68. The summed E-state index contributed by atoms with van der Waals surface area (Å²) in [4.78, 5) is 24.9. The van der Waals surface area contributed by atoms with Crippen molar-refractivity contribution >= 4 is 17.7 Å². The predicted octanol–water partition coefficient (Wildman–Crippen LogP) is 1.31. The number of esters is 1. The minimum Gasteiger partial charge on any atom is -0.449 e. The predicted molar refractivity (Wildman–Crippen MR) is 71.0 cm³/mol. The number of urea groups is 1. The number of hydrogen-bond acceptors (Lipinski definition) is 3. The molecule has 1 aliphatic rings. The lowest BCUT2D eigenvalue weighted by atomic mass is 10.1. The van der Waals surface area contributed by atoms with Crippen LogP contribution in [0.1, 0.15) is 15.9 Å². The molecule has 0 bridgehead atoms. The topological polar surface area (TPSA) is 58.6 Å². The molecule has 1 aliphatic heterocycles. The molecule has 19 heavy (non-hydrogen) atoms. The molecular weight excluding hydrogens is 244 g/mol. The summed E-state index contributed by atoms with van der Waals surface area (Å²) in [6, 6.07) is 4.95. The van der Waals surface area contributed by atoms with E-state index in [-0.39, 0.29) is 12.6 Å². The zero-order valence-corrected chi connectivity index (χ0v) is 10.6. The summed E-state index contributed by atoms with van der Waals surface area (Å²) >= 11 is 0. The second kappa shape index (κ2) is 5.44. The number of rotatable bonds is 3. The first-order valence-corrected chi connectivity index (χ1v) is 5.90. The first kappa shape index (κ1) is 13.0. The number of carbonyl (C=O) groups excluding carboxylic acids is 2. The summed E-state index contributed by atoms with van der Waals surface area (Å²) in [6.45, 7) is 3.05. The van der Waals surface area contributed by atoms with Crippen LogP contribution in [-0.2, 0) is 4.74 Å². The van der Waals surface area contributed by atoms with Crippen LogP contribution in [0.2, 0.25) is 0 Å². The van der Waals surface area contributed by atoms with Gasteiger partial charge in [0.25, 0.3) is 0 Å². The second-order valence-electron chi connectivity index (χ2n) is 4.17. The van der Waals surface area contributed by atoms with E-state index in [9.17, 15) is 9.59 Å². The second-order valence-corrected chi connectivity index (χ2v) is 4.17. The molecule has 2 amide bonds. The van der Waals surface area contributed by atoms with Gasteiger partial charge in [-0.3, -0.25) is 4.90 Å². The fourth-order valence-corrected chi connectivity index (χ4v) is 1.98. The maximum atomic E-state index is 11.6. The molecule has 1 aromatic carbocycles. The van der Waals surface area contributed by atoms with Gasteiger partial charge in [-0.05, 0) is 30.7 Å². The SMILES string of the molecule is C#CCOC(=O)c1ccc(N2CCNC2=O)c(C)c1. The van der Waals surface area contributed by atoms with Crippen molar-refractivity contribution in [3.8, 4) is 12.3 Å².